The first-order valence-corrected chi connectivity index (χ1v) is 8.99. The summed E-state index contributed by atoms with van der Waals surface area (Å²) in [5.74, 6) is 1.15. The van der Waals surface area contributed by atoms with Gasteiger partial charge in [-0.25, -0.2) is 9.97 Å². The van der Waals surface area contributed by atoms with E-state index in [-0.39, 0.29) is 5.91 Å². The third kappa shape index (κ3) is 2.50. The summed E-state index contributed by atoms with van der Waals surface area (Å²) in [6.07, 6.45) is 5.33. The third-order valence-electron chi connectivity index (χ3n) is 5.07. The SMILES string of the molecule is Cc1nc2c(cc1-c1ccncc1)C(=Cc1nc3ccccc3n1C)C(=O)N2. The van der Waals surface area contributed by atoms with Gasteiger partial charge in [-0.1, -0.05) is 12.1 Å². The molecular formula is C22H17N5O. The fourth-order valence-electron chi connectivity index (χ4n) is 3.59. The Kier molecular flexibility index (Phi) is 3.58. The Balaban J connectivity index is 1.68. The Morgan fingerprint density at radius 2 is 1.82 bits per heavy atom. The van der Waals surface area contributed by atoms with Gasteiger partial charge in [0.2, 0.25) is 0 Å². The normalized spacial score (nSPS) is 14.5. The number of aromatic nitrogens is 4. The zero-order chi connectivity index (χ0) is 19.3. The van der Waals surface area contributed by atoms with Crippen LogP contribution in [0.15, 0.2) is 54.9 Å². The number of carbonyl (C=O) groups excluding carboxylic acids is 1. The summed E-state index contributed by atoms with van der Waals surface area (Å²) in [6.45, 7) is 1.94. The van der Waals surface area contributed by atoms with Gasteiger partial charge in [0.1, 0.15) is 11.6 Å². The van der Waals surface area contributed by atoms with Crippen molar-refractivity contribution in [1.82, 2.24) is 19.5 Å². The molecular weight excluding hydrogens is 350 g/mol. The average Bonchev–Trinajstić information content (AvgIpc) is 3.19. The van der Waals surface area contributed by atoms with Crippen molar-refractivity contribution >= 4 is 34.4 Å². The molecule has 6 heteroatoms. The molecule has 0 fully saturated rings. The predicted octanol–water partition coefficient (Wildman–Crippen LogP) is 3.83. The molecule has 1 amide bonds. The van der Waals surface area contributed by atoms with Crippen molar-refractivity contribution in [2.45, 2.75) is 6.92 Å². The topological polar surface area (TPSA) is 72.7 Å². The van der Waals surface area contributed by atoms with E-state index in [9.17, 15) is 4.79 Å². The highest BCUT2D eigenvalue weighted by Crippen LogP contribution is 2.36. The second-order valence-electron chi connectivity index (χ2n) is 6.78. The Labute approximate surface area is 161 Å². The summed E-state index contributed by atoms with van der Waals surface area (Å²) >= 11 is 0. The average molecular weight is 367 g/mol. The maximum absolute atomic E-state index is 12.7. The van der Waals surface area contributed by atoms with E-state index in [0.717, 1.165) is 39.2 Å². The van der Waals surface area contributed by atoms with Gasteiger partial charge in [-0.3, -0.25) is 9.78 Å². The number of fused-ring (bicyclic) bond motifs is 2. The van der Waals surface area contributed by atoms with Crippen molar-refractivity contribution < 1.29 is 4.79 Å². The number of aryl methyl sites for hydroxylation is 2. The summed E-state index contributed by atoms with van der Waals surface area (Å²) in [5, 5.41) is 2.87. The van der Waals surface area contributed by atoms with E-state index in [1.165, 1.54) is 0 Å². The minimum Gasteiger partial charge on any atom is -0.328 e. The molecule has 5 rings (SSSR count). The van der Waals surface area contributed by atoms with Crippen molar-refractivity contribution in [1.29, 1.82) is 0 Å². The number of imidazole rings is 1. The standard InChI is InChI=1S/C22H17N5O/c1-13-15(14-7-9-23-10-8-14)11-16-17(22(28)26-21(16)24-13)12-20-25-18-5-3-4-6-19(18)27(20)2/h3-12H,1-2H3,(H,24,26,28). The Morgan fingerprint density at radius 3 is 2.61 bits per heavy atom. The molecule has 6 nitrogen and oxygen atoms in total. The van der Waals surface area contributed by atoms with Crippen LogP contribution in [0.5, 0.6) is 0 Å². The van der Waals surface area contributed by atoms with Gasteiger partial charge in [-0.05, 0) is 48.9 Å². The molecule has 28 heavy (non-hydrogen) atoms. The fourth-order valence-corrected chi connectivity index (χ4v) is 3.59. The van der Waals surface area contributed by atoms with E-state index < -0.39 is 0 Å². The first kappa shape index (κ1) is 16.4. The van der Waals surface area contributed by atoms with Gasteiger partial charge in [0.25, 0.3) is 5.91 Å². The van der Waals surface area contributed by atoms with Crippen LogP contribution < -0.4 is 5.32 Å². The summed E-state index contributed by atoms with van der Waals surface area (Å²) in [5.41, 5.74) is 6.13. The number of anilines is 1. The van der Waals surface area contributed by atoms with E-state index in [1.54, 1.807) is 12.4 Å². The lowest BCUT2D eigenvalue weighted by atomic mass is 10.0. The molecule has 0 saturated carbocycles. The van der Waals surface area contributed by atoms with Crippen molar-refractivity contribution in [2.75, 3.05) is 5.32 Å². The van der Waals surface area contributed by atoms with Crippen LogP contribution in [-0.2, 0) is 11.8 Å². The summed E-state index contributed by atoms with van der Waals surface area (Å²) in [7, 11) is 1.95. The predicted molar refractivity (Wildman–Crippen MR) is 109 cm³/mol. The third-order valence-corrected chi connectivity index (χ3v) is 5.07. The molecule has 136 valence electrons. The molecule has 4 heterocycles. The number of carbonyl (C=O) groups is 1. The molecule has 0 saturated heterocycles. The van der Waals surface area contributed by atoms with Crippen LogP contribution in [0.4, 0.5) is 5.82 Å². The highest BCUT2D eigenvalue weighted by Gasteiger charge is 2.27. The molecule has 4 aromatic rings. The van der Waals surface area contributed by atoms with Crippen LogP contribution >= 0.6 is 0 Å². The second-order valence-corrected chi connectivity index (χ2v) is 6.78. The van der Waals surface area contributed by atoms with E-state index in [0.29, 0.717) is 11.4 Å². The van der Waals surface area contributed by atoms with Gasteiger partial charge in [-0.2, -0.15) is 0 Å². The first-order valence-electron chi connectivity index (χ1n) is 8.99. The molecule has 0 atom stereocenters. The fraction of sp³-hybridized carbons (Fsp3) is 0.0909. The number of nitrogens with zero attached hydrogens (tertiary/aromatic N) is 4. The van der Waals surface area contributed by atoms with E-state index in [4.69, 9.17) is 0 Å². The van der Waals surface area contributed by atoms with Crippen molar-refractivity contribution in [3.63, 3.8) is 0 Å². The molecule has 0 spiro atoms. The lowest BCUT2D eigenvalue weighted by molar-refractivity contribution is -0.110. The minimum atomic E-state index is -0.166. The monoisotopic (exact) mass is 367 g/mol. The number of amides is 1. The Bertz CT molecular complexity index is 1270. The zero-order valence-electron chi connectivity index (χ0n) is 15.5. The lowest BCUT2D eigenvalue weighted by Gasteiger charge is -2.08. The quantitative estimate of drug-likeness (QED) is 0.547. The van der Waals surface area contributed by atoms with Crippen LogP contribution in [-0.4, -0.2) is 25.4 Å². The molecule has 0 radical (unpaired) electrons. The van der Waals surface area contributed by atoms with Gasteiger partial charge < -0.3 is 9.88 Å². The van der Waals surface area contributed by atoms with E-state index in [1.807, 2.05) is 67.1 Å². The number of benzene rings is 1. The van der Waals surface area contributed by atoms with Crippen LogP contribution in [0.3, 0.4) is 0 Å². The van der Waals surface area contributed by atoms with E-state index in [2.05, 4.69) is 20.3 Å². The van der Waals surface area contributed by atoms with Crippen molar-refractivity contribution in [2.24, 2.45) is 7.05 Å². The highest BCUT2D eigenvalue weighted by molar-refractivity contribution is 6.34. The summed E-state index contributed by atoms with van der Waals surface area (Å²) < 4.78 is 1.99. The molecule has 1 N–H and O–H groups in total. The number of pyridine rings is 2. The second kappa shape index (κ2) is 6.13. The Hall–Kier alpha value is -3.80. The largest absolute Gasteiger partial charge is 0.328 e. The highest BCUT2D eigenvalue weighted by atomic mass is 16.2. The van der Waals surface area contributed by atoms with Gasteiger partial charge >= 0.3 is 0 Å². The van der Waals surface area contributed by atoms with Crippen molar-refractivity contribution in [3.05, 3.63) is 71.9 Å². The molecule has 0 bridgehead atoms. The number of nitrogens with one attached hydrogen (secondary N) is 1. The summed E-state index contributed by atoms with van der Waals surface area (Å²) in [6, 6.07) is 13.8. The smallest absolute Gasteiger partial charge is 0.257 e. The molecule has 0 unspecified atom stereocenters. The first-order chi connectivity index (χ1) is 13.6. The van der Waals surface area contributed by atoms with Crippen LogP contribution in [0.2, 0.25) is 0 Å². The molecule has 1 aromatic carbocycles. The number of hydrogen-bond donors (Lipinski definition) is 1. The molecule has 1 aliphatic rings. The lowest BCUT2D eigenvalue weighted by Crippen LogP contribution is -2.05. The number of hydrogen-bond acceptors (Lipinski definition) is 4. The van der Waals surface area contributed by atoms with Gasteiger partial charge in [0, 0.05) is 36.3 Å². The summed E-state index contributed by atoms with van der Waals surface area (Å²) in [4.78, 5) is 26.0. The minimum absolute atomic E-state index is 0.166. The molecule has 1 aliphatic heterocycles. The van der Waals surface area contributed by atoms with Crippen LogP contribution in [0.25, 0.3) is 33.8 Å². The van der Waals surface area contributed by atoms with Crippen LogP contribution in [0.1, 0.15) is 17.1 Å². The van der Waals surface area contributed by atoms with Crippen molar-refractivity contribution in [3.8, 4) is 11.1 Å². The van der Waals surface area contributed by atoms with Gasteiger partial charge in [0.05, 0.1) is 16.6 Å². The maximum Gasteiger partial charge on any atom is 0.257 e. The van der Waals surface area contributed by atoms with E-state index >= 15 is 0 Å². The molecule has 0 aliphatic carbocycles. The van der Waals surface area contributed by atoms with Gasteiger partial charge in [0.15, 0.2) is 0 Å². The number of para-hydroxylation sites is 2. The number of rotatable bonds is 2. The molecule has 3 aromatic heterocycles. The Morgan fingerprint density at radius 1 is 1.04 bits per heavy atom. The van der Waals surface area contributed by atoms with Gasteiger partial charge in [-0.15, -0.1) is 0 Å². The maximum atomic E-state index is 12.7. The zero-order valence-corrected chi connectivity index (χ0v) is 15.5. The van der Waals surface area contributed by atoms with Crippen LogP contribution in [0, 0.1) is 6.92 Å².